The van der Waals surface area contributed by atoms with E-state index in [1.54, 1.807) is 34.1 Å². The van der Waals surface area contributed by atoms with E-state index in [0.29, 0.717) is 55.2 Å². The number of halogens is 4. The average molecular weight is 683 g/mol. The summed E-state index contributed by atoms with van der Waals surface area (Å²) in [6, 6.07) is 22.0. The fourth-order valence-corrected chi connectivity index (χ4v) is 7.69. The third-order valence-electron chi connectivity index (χ3n) is 9.91. The lowest BCUT2D eigenvalue weighted by Gasteiger charge is -2.41. The van der Waals surface area contributed by atoms with Crippen LogP contribution in [0.3, 0.4) is 0 Å². The van der Waals surface area contributed by atoms with Gasteiger partial charge in [0.2, 0.25) is 5.91 Å². The lowest BCUT2D eigenvalue weighted by atomic mass is 9.73. The summed E-state index contributed by atoms with van der Waals surface area (Å²) in [5.41, 5.74) is 4.04. The van der Waals surface area contributed by atoms with Crippen molar-refractivity contribution in [3.63, 3.8) is 0 Å². The van der Waals surface area contributed by atoms with Crippen molar-refractivity contribution in [1.29, 1.82) is 0 Å². The molecule has 1 fully saturated rings. The molecule has 1 atom stereocenters. The largest absolute Gasteiger partial charge is 0.357 e. The fourth-order valence-electron chi connectivity index (χ4n) is 7.69. The van der Waals surface area contributed by atoms with E-state index in [2.05, 4.69) is 10.2 Å². The first-order chi connectivity index (χ1) is 24.0. The Morgan fingerprint density at radius 3 is 1.96 bits per heavy atom. The molecular formula is C40H38F4N4O2. The van der Waals surface area contributed by atoms with Crippen molar-refractivity contribution in [2.24, 2.45) is 5.41 Å². The highest BCUT2D eigenvalue weighted by atomic mass is 19.1. The maximum atomic E-state index is 14.8. The molecular weight excluding hydrogens is 644 g/mol. The molecule has 0 bridgehead atoms. The third kappa shape index (κ3) is 6.76. The first-order valence-corrected chi connectivity index (χ1v) is 16.8. The Balaban J connectivity index is 1.20. The lowest BCUT2D eigenvalue weighted by molar-refractivity contribution is -0.131. The number of anilines is 2. The summed E-state index contributed by atoms with van der Waals surface area (Å²) < 4.78 is 57.3. The normalized spacial score (nSPS) is 19.2. The number of carbonyl (C=O) groups excluding carboxylic acids is 2. The molecule has 1 N–H and O–H groups in total. The molecule has 50 heavy (non-hydrogen) atoms. The summed E-state index contributed by atoms with van der Waals surface area (Å²) in [5, 5.41) is 3.47. The Morgan fingerprint density at radius 2 is 1.36 bits per heavy atom. The monoisotopic (exact) mass is 682 g/mol. The van der Waals surface area contributed by atoms with Gasteiger partial charge in [0.15, 0.2) is 5.78 Å². The summed E-state index contributed by atoms with van der Waals surface area (Å²) in [7, 11) is 0. The highest BCUT2D eigenvalue weighted by Crippen LogP contribution is 2.48. The van der Waals surface area contributed by atoms with Crippen molar-refractivity contribution in [1.82, 2.24) is 9.80 Å². The number of hydrogen-bond acceptors (Lipinski definition) is 5. The van der Waals surface area contributed by atoms with E-state index < -0.39 is 17.7 Å². The zero-order chi connectivity index (χ0) is 35.2. The Bertz CT molecular complexity index is 1890. The van der Waals surface area contributed by atoms with Crippen LogP contribution in [0.25, 0.3) is 0 Å². The number of nitrogens with zero attached hydrogens (tertiary/aromatic N) is 3. The van der Waals surface area contributed by atoms with E-state index in [4.69, 9.17) is 0 Å². The van der Waals surface area contributed by atoms with Crippen molar-refractivity contribution < 1.29 is 27.2 Å². The molecule has 10 heteroatoms. The minimum absolute atomic E-state index is 0.134. The van der Waals surface area contributed by atoms with Crippen LogP contribution in [0.4, 0.5) is 28.9 Å². The number of para-hydroxylation sites is 2. The molecule has 1 saturated heterocycles. The van der Waals surface area contributed by atoms with Crippen molar-refractivity contribution >= 4 is 23.1 Å². The summed E-state index contributed by atoms with van der Waals surface area (Å²) in [6.07, 6.45) is 0.801. The number of Topliss-reactive ketones (excluding diaryl/α,β-unsaturated/α-hetero) is 1. The first kappa shape index (κ1) is 33.5. The molecule has 0 radical (unpaired) electrons. The Morgan fingerprint density at radius 1 is 0.780 bits per heavy atom. The van der Waals surface area contributed by atoms with Crippen molar-refractivity contribution in [2.45, 2.75) is 38.8 Å². The minimum Gasteiger partial charge on any atom is -0.357 e. The van der Waals surface area contributed by atoms with E-state index >= 15 is 0 Å². The van der Waals surface area contributed by atoms with Gasteiger partial charge >= 0.3 is 0 Å². The zero-order valence-electron chi connectivity index (χ0n) is 27.9. The molecule has 7 rings (SSSR count). The first-order valence-electron chi connectivity index (χ1n) is 16.8. The maximum absolute atomic E-state index is 14.8. The van der Waals surface area contributed by atoms with Crippen LogP contribution in [0.1, 0.15) is 55.5 Å². The molecule has 6 nitrogen and oxygen atoms in total. The molecule has 4 aromatic rings. The Labute approximate surface area is 289 Å². The highest BCUT2D eigenvalue weighted by Gasteiger charge is 2.42. The van der Waals surface area contributed by atoms with E-state index in [9.17, 15) is 27.2 Å². The van der Waals surface area contributed by atoms with Gasteiger partial charge in [-0.2, -0.15) is 0 Å². The molecule has 1 unspecified atom stereocenters. The van der Waals surface area contributed by atoms with Gasteiger partial charge in [0.1, 0.15) is 23.3 Å². The van der Waals surface area contributed by atoms with Gasteiger partial charge in [0.25, 0.3) is 0 Å². The van der Waals surface area contributed by atoms with Crippen molar-refractivity contribution in [2.75, 3.05) is 42.9 Å². The van der Waals surface area contributed by atoms with Crippen LogP contribution < -0.4 is 10.2 Å². The van der Waals surface area contributed by atoms with Crippen molar-refractivity contribution in [3.8, 4) is 0 Å². The van der Waals surface area contributed by atoms with Gasteiger partial charge in [0, 0.05) is 49.9 Å². The van der Waals surface area contributed by atoms with Gasteiger partial charge < -0.3 is 15.1 Å². The lowest BCUT2D eigenvalue weighted by Crippen LogP contribution is -2.52. The smallest absolute Gasteiger partial charge is 0.242 e. The number of carbonyl (C=O) groups is 2. The predicted octanol–water partition coefficient (Wildman–Crippen LogP) is 7.79. The molecule has 2 aliphatic heterocycles. The Kier molecular flexibility index (Phi) is 8.98. The second-order valence-electron chi connectivity index (χ2n) is 14.1. The van der Waals surface area contributed by atoms with Crippen LogP contribution in [0.5, 0.6) is 0 Å². The zero-order valence-corrected chi connectivity index (χ0v) is 27.9. The number of piperazine rings is 1. The maximum Gasteiger partial charge on any atom is 0.242 e. The second kappa shape index (κ2) is 13.4. The highest BCUT2D eigenvalue weighted by molar-refractivity contribution is 6.02. The third-order valence-corrected chi connectivity index (χ3v) is 9.91. The molecule has 2 heterocycles. The molecule has 0 spiro atoms. The summed E-state index contributed by atoms with van der Waals surface area (Å²) in [6.45, 7) is 5.63. The van der Waals surface area contributed by atoms with Gasteiger partial charge in [-0.3, -0.25) is 14.5 Å². The molecule has 3 aliphatic rings. The summed E-state index contributed by atoms with van der Waals surface area (Å²) >= 11 is 0. The summed E-state index contributed by atoms with van der Waals surface area (Å²) in [4.78, 5) is 33.9. The number of hydrogen-bond donors (Lipinski definition) is 1. The van der Waals surface area contributed by atoms with Crippen LogP contribution in [0, 0.1) is 28.7 Å². The minimum atomic E-state index is -0.915. The molecule has 0 aromatic heterocycles. The number of fused-ring (bicyclic) bond motifs is 1. The van der Waals surface area contributed by atoms with Crippen molar-refractivity contribution in [3.05, 3.63) is 142 Å². The molecule has 1 amide bonds. The molecule has 0 saturated carbocycles. The number of ketones is 1. The predicted molar refractivity (Wildman–Crippen MR) is 184 cm³/mol. The second-order valence-corrected chi connectivity index (χ2v) is 14.1. The standard InChI is InChI=1S/C40H38F4N4O2/c1-40(2)22-33-37(35(49)23-40)39(27-19-30(43)21-31(44)20-27)48(34-6-4-3-5-32(34)45-33)24-36(50)46-15-17-47(18-16-46)38(25-7-11-28(41)12-8-25)26-9-13-29(42)14-10-26/h3-14,19-21,38-39,45H,15-18,22-24H2,1-2H3. The Hall–Kier alpha value is -4.96. The van der Waals surface area contributed by atoms with E-state index in [0.717, 1.165) is 17.2 Å². The van der Waals surface area contributed by atoms with Crippen LogP contribution in [-0.2, 0) is 9.59 Å². The molecule has 4 aromatic carbocycles. The number of rotatable bonds is 6. The topological polar surface area (TPSA) is 55.9 Å². The molecule has 258 valence electrons. The van der Waals surface area contributed by atoms with Crippen LogP contribution >= 0.6 is 0 Å². The van der Waals surface area contributed by atoms with Gasteiger partial charge in [-0.25, -0.2) is 17.6 Å². The quantitative estimate of drug-likeness (QED) is 0.211. The number of amides is 1. The van der Waals surface area contributed by atoms with E-state index in [1.807, 2.05) is 38.1 Å². The van der Waals surface area contributed by atoms with Crippen LogP contribution in [0.2, 0.25) is 0 Å². The van der Waals surface area contributed by atoms with E-state index in [1.165, 1.54) is 36.4 Å². The van der Waals surface area contributed by atoms with Crippen LogP contribution in [-0.4, -0.2) is 54.2 Å². The van der Waals surface area contributed by atoms with Gasteiger partial charge in [0.05, 0.1) is 30.0 Å². The van der Waals surface area contributed by atoms with Gasteiger partial charge in [-0.05, 0) is 77.1 Å². The summed E-state index contributed by atoms with van der Waals surface area (Å²) in [5.74, 6) is -2.58. The SMILES string of the molecule is CC1(C)CC(=O)C2=C(C1)Nc1ccccc1N(CC(=O)N1CCN(C(c3ccc(F)cc3)c3ccc(F)cc3)CC1)C2c1cc(F)cc(F)c1. The van der Waals surface area contributed by atoms with Gasteiger partial charge in [-0.15, -0.1) is 0 Å². The fraction of sp³-hybridized carbons (Fsp3) is 0.300. The van der Waals surface area contributed by atoms with Gasteiger partial charge in [-0.1, -0.05) is 50.2 Å². The number of nitrogens with one attached hydrogen (secondary N) is 1. The van der Waals surface area contributed by atoms with E-state index in [-0.39, 0.29) is 53.3 Å². The number of allylic oxidation sites excluding steroid dienone is 1. The average Bonchev–Trinajstić information content (AvgIpc) is 3.20. The van der Waals surface area contributed by atoms with Crippen LogP contribution in [0.15, 0.2) is 102 Å². The molecule has 1 aliphatic carbocycles. The number of benzene rings is 4.